The van der Waals surface area contributed by atoms with E-state index in [9.17, 15) is 0 Å². The van der Waals surface area contributed by atoms with Crippen molar-refractivity contribution in [3.63, 3.8) is 0 Å². The van der Waals surface area contributed by atoms with Crippen molar-refractivity contribution in [1.29, 1.82) is 5.26 Å². The van der Waals surface area contributed by atoms with E-state index in [-0.39, 0.29) is 5.82 Å². The van der Waals surface area contributed by atoms with Crippen LogP contribution in [0.4, 0.5) is 0 Å². The van der Waals surface area contributed by atoms with E-state index < -0.39 is 0 Å². The average molecular weight is 251 g/mol. The molecule has 0 aliphatic heterocycles. The SMILES string of the molecule is N#Cc1ncn(Cc2cc(-c3ccccc3)no2)n1. The molecule has 0 amide bonds. The first-order chi connectivity index (χ1) is 9.35. The largest absolute Gasteiger partial charge is 0.359 e. The van der Waals surface area contributed by atoms with Gasteiger partial charge >= 0.3 is 0 Å². The summed E-state index contributed by atoms with van der Waals surface area (Å²) in [5, 5.41) is 16.6. The van der Waals surface area contributed by atoms with Crippen LogP contribution in [0, 0.1) is 11.3 Å². The van der Waals surface area contributed by atoms with Crippen LogP contribution in [0.15, 0.2) is 47.2 Å². The Morgan fingerprint density at radius 2 is 2.11 bits per heavy atom. The zero-order chi connectivity index (χ0) is 13.1. The molecule has 0 fully saturated rings. The van der Waals surface area contributed by atoms with Gasteiger partial charge in [-0.3, -0.25) is 0 Å². The highest BCUT2D eigenvalue weighted by Crippen LogP contribution is 2.18. The summed E-state index contributed by atoms with van der Waals surface area (Å²) in [5.74, 6) is 0.802. The molecule has 0 bridgehead atoms. The van der Waals surface area contributed by atoms with E-state index in [0.29, 0.717) is 12.3 Å². The van der Waals surface area contributed by atoms with E-state index in [2.05, 4.69) is 15.2 Å². The van der Waals surface area contributed by atoms with Crippen LogP contribution in [-0.4, -0.2) is 19.9 Å². The number of aromatic nitrogens is 4. The third-order valence-corrected chi connectivity index (χ3v) is 2.58. The van der Waals surface area contributed by atoms with Crippen molar-refractivity contribution in [2.24, 2.45) is 0 Å². The van der Waals surface area contributed by atoms with Crippen LogP contribution in [-0.2, 0) is 6.54 Å². The highest BCUT2D eigenvalue weighted by atomic mass is 16.5. The molecule has 6 heteroatoms. The summed E-state index contributed by atoms with van der Waals surface area (Å²) in [4.78, 5) is 3.82. The van der Waals surface area contributed by atoms with Gasteiger partial charge in [0.2, 0.25) is 0 Å². The van der Waals surface area contributed by atoms with Crippen molar-refractivity contribution in [3.05, 3.63) is 54.3 Å². The summed E-state index contributed by atoms with van der Waals surface area (Å²) >= 11 is 0. The Labute approximate surface area is 108 Å². The van der Waals surface area contributed by atoms with Crippen LogP contribution < -0.4 is 0 Å². The predicted molar refractivity (Wildman–Crippen MR) is 65.8 cm³/mol. The minimum absolute atomic E-state index is 0.141. The molecule has 3 aromatic rings. The maximum absolute atomic E-state index is 8.65. The minimum Gasteiger partial charge on any atom is -0.359 e. The summed E-state index contributed by atoms with van der Waals surface area (Å²) < 4.78 is 6.78. The number of hydrogen-bond acceptors (Lipinski definition) is 5. The zero-order valence-electron chi connectivity index (χ0n) is 9.89. The normalized spacial score (nSPS) is 10.3. The second-order valence-corrected chi connectivity index (χ2v) is 3.92. The molecule has 0 radical (unpaired) electrons. The molecule has 2 heterocycles. The maximum Gasteiger partial charge on any atom is 0.252 e. The van der Waals surface area contributed by atoms with E-state index in [1.807, 2.05) is 42.5 Å². The van der Waals surface area contributed by atoms with Crippen molar-refractivity contribution in [1.82, 2.24) is 19.9 Å². The van der Waals surface area contributed by atoms with Gasteiger partial charge in [-0.1, -0.05) is 35.5 Å². The van der Waals surface area contributed by atoms with E-state index in [0.717, 1.165) is 11.3 Å². The fraction of sp³-hybridized carbons (Fsp3) is 0.0769. The van der Waals surface area contributed by atoms with Crippen molar-refractivity contribution < 1.29 is 4.52 Å². The molecule has 19 heavy (non-hydrogen) atoms. The standard InChI is InChI=1S/C13H9N5O/c14-7-13-15-9-18(16-13)8-11-6-12(17-19-11)10-4-2-1-3-5-10/h1-6,9H,8H2. The molecular formula is C13H9N5O. The minimum atomic E-state index is 0.141. The molecular weight excluding hydrogens is 242 g/mol. The number of nitriles is 1. The smallest absolute Gasteiger partial charge is 0.252 e. The Hall–Kier alpha value is -2.94. The summed E-state index contributed by atoms with van der Waals surface area (Å²) in [7, 11) is 0. The molecule has 1 aromatic carbocycles. The van der Waals surface area contributed by atoms with Crippen molar-refractivity contribution in [2.45, 2.75) is 6.54 Å². The van der Waals surface area contributed by atoms with Gasteiger partial charge in [-0.25, -0.2) is 9.67 Å². The lowest BCUT2D eigenvalue weighted by molar-refractivity contribution is 0.373. The number of benzene rings is 1. The van der Waals surface area contributed by atoms with Crippen LogP contribution in [0.25, 0.3) is 11.3 Å². The first-order valence-corrected chi connectivity index (χ1v) is 5.66. The molecule has 2 aromatic heterocycles. The van der Waals surface area contributed by atoms with Crippen LogP contribution in [0.5, 0.6) is 0 Å². The summed E-state index contributed by atoms with van der Waals surface area (Å²) in [6.45, 7) is 0.397. The molecule has 0 unspecified atom stereocenters. The molecule has 6 nitrogen and oxygen atoms in total. The fourth-order valence-corrected chi connectivity index (χ4v) is 1.71. The molecule has 0 atom stereocenters. The monoisotopic (exact) mass is 251 g/mol. The Morgan fingerprint density at radius 3 is 2.84 bits per heavy atom. The van der Waals surface area contributed by atoms with Crippen LogP contribution in [0.1, 0.15) is 11.6 Å². The van der Waals surface area contributed by atoms with E-state index in [1.165, 1.54) is 11.0 Å². The third-order valence-electron chi connectivity index (χ3n) is 2.58. The molecule has 0 spiro atoms. The number of rotatable bonds is 3. The first-order valence-electron chi connectivity index (χ1n) is 5.66. The molecule has 3 rings (SSSR count). The van der Waals surface area contributed by atoms with E-state index >= 15 is 0 Å². The lowest BCUT2D eigenvalue weighted by Crippen LogP contribution is -1.99. The molecule has 0 aliphatic carbocycles. The average Bonchev–Trinajstić information content (AvgIpc) is 3.09. The third kappa shape index (κ3) is 2.35. The van der Waals surface area contributed by atoms with Crippen molar-refractivity contribution in [3.8, 4) is 17.3 Å². The quantitative estimate of drug-likeness (QED) is 0.709. The second kappa shape index (κ2) is 4.74. The fourth-order valence-electron chi connectivity index (χ4n) is 1.71. The summed E-state index contributed by atoms with van der Waals surface area (Å²) in [6, 6.07) is 13.5. The first kappa shape index (κ1) is 11.2. The highest BCUT2D eigenvalue weighted by Gasteiger charge is 2.08. The Kier molecular flexibility index (Phi) is 2.79. The van der Waals surface area contributed by atoms with Gasteiger partial charge in [-0.15, -0.1) is 5.10 Å². The van der Waals surface area contributed by atoms with Gasteiger partial charge in [-0.05, 0) is 0 Å². The van der Waals surface area contributed by atoms with Gasteiger partial charge in [0.25, 0.3) is 5.82 Å². The van der Waals surface area contributed by atoms with Gasteiger partial charge < -0.3 is 4.52 Å². The molecule has 0 aliphatic rings. The lowest BCUT2D eigenvalue weighted by atomic mass is 10.1. The van der Waals surface area contributed by atoms with Gasteiger partial charge in [-0.2, -0.15) is 5.26 Å². The molecule has 0 N–H and O–H groups in total. The predicted octanol–water partition coefficient (Wildman–Crippen LogP) is 1.85. The summed E-state index contributed by atoms with van der Waals surface area (Å²) in [6.07, 6.45) is 1.49. The van der Waals surface area contributed by atoms with Gasteiger partial charge in [0.15, 0.2) is 5.76 Å². The van der Waals surface area contributed by atoms with Crippen LogP contribution in [0.2, 0.25) is 0 Å². The maximum atomic E-state index is 8.65. The second-order valence-electron chi connectivity index (χ2n) is 3.92. The topological polar surface area (TPSA) is 80.5 Å². The van der Waals surface area contributed by atoms with Gasteiger partial charge in [0.05, 0.1) is 0 Å². The Bertz CT molecular complexity index is 723. The van der Waals surface area contributed by atoms with Crippen molar-refractivity contribution >= 4 is 0 Å². The Morgan fingerprint density at radius 1 is 1.26 bits per heavy atom. The van der Waals surface area contributed by atoms with Gasteiger partial charge in [0.1, 0.15) is 24.6 Å². The highest BCUT2D eigenvalue weighted by molar-refractivity contribution is 5.58. The zero-order valence-corrected chi connectivity index (χ0v) is 9.89. The van der Waals surface area contributed by atoms with Crippen molar-refractivity contribution in [2.75, 3.05) is 0 Å². The molecule has 0 saturated heterocycles. The van der Waals surface area contributed by atoms with E-state index in [1.54, 1.807) is 0 Å². The van der Waals surface area contributed by atoms with E-state index in [4.69, 9.17) is 9.78 Å². The molecule has 92 valence electrons. The number of hydrogen-bond donors (Lipinski definition) is 0. The Balaban J connectivity index is 1.80. The number of nitrogens with zero attached hydrogens (tertiary/aromatic N) is 5. The lowest BCUT2D eigenvalue weighted by Gasteiger charge is -1.93. The van der Waals surface area contributed by atoms with Crippen LogP contribution >= 0.6 is 0 Å². The molecule has 0 saturated carbocycles. The van der Waals surface area contributed by atoms with Crippen LogP contribution in [0.3, 0.4) is 0 Å². The van der Waals surface area contributed by atoms with Gasteiger partial charge in [0, 0.05) is 11.6 Å². The summed E-state index contributed by atoms with van der Waals surface area (Å²) in [5.41, 5.74) is 1.77.